The summed E-state index contributed by atoms with van der Waals surface area (Å²) in [5.41, 5.74) is -0.525. The Hall–Kier alpha value is -1.54. The van der Waals surface area contributed by atoms with Gasteiger partial charge in [0.15, 0.2) is 0 Å². The minimum atomic E-state index is -0.525. The molecule has 2 unspecified atom stereocenters. The van der Waals surface area contributed by atoms with Crippen molar-refractivity contribution in [2.24, 2.45) is 5.92 Å². The smallest absolute Gasteiger partial charge is 0.407 e. The summed E-state index contributed by atoms with van der Waals surface area (Å²) in [6, 6.07) is 0. The molecule has 1 aliphatic rings. The molecule has 0 bridgehead atoms. The van der Waals surface area contributed by atoms with Gasteiger partial charge in [-0.2, -0.15) is 0 Å². The Kier molecular flexibility index (Phi) is 4.74. The number of terminal acetylenes is 1. The number of ketones is 1. The van der Waals surface area contributed by atoms with Crippen molar-refractivity contribution in [3.05, 3.63) is 0 Å². The maximum absolute atomic E-state index is 11.4. The van der Waals surface area contributed by atoms with Crippen LogP contribution in [0.15, 0.2) is 0 Å². The quantitative estimate of drug-likeness (QED) is 0.604. The van der Waals surface area contributed by atoms with Gasteiger partial charge >= 0.3 is 6.09 Å². The van der Waals surface area contributed by atoms with Gasteiger partial charge in [0.05, 0.1) is 18.6 Å². The summed E-state index contributed by atoms with van der Waals surface area (Å²) in [6.45, 7) is 6.02. The Morgan fingerprint density at radius 2 is 2.17 bits per heavy atom. The maximum Gasteiger partial charge on any atom is 0.407 e. The van der Waals surface area contributed by atoms with Crippen molar-refractivity contribution in [2.45, 2.75) is 38.9 Å². The van der Waals surface area contributed by atoms with Crippen LogP contribution in [-0.4, -0.2) is 36.7 Å². The molecule has 0 aromatic carbocycles. The average molecular weight is 253 g/mol. The van der Waals surface area contributed by atoms with Gasteiger partial charge in [0.1, 0.15) is 5.60 Å². The number of nitrogens with one attached hydrogen (secondary N) is 1. The molecule has 1 fully saturated rings. The van der Waals surface area contributed by atoms with Gasteiger partial charge in [0, 0.05) is 6.54 Å². The number of amides is 1. The molecule has 0 aromatic heterocycles. The Balaban J connectivity index is 2.28. The van der Waals surface area contributed by atoms with Crippen LogP contribution >= 0.6 is 0 Å². The molecule has 5 nitrogen and oxygen atoms in total. The number of carbonyl (C=O) groups excluding carboxylic acids is 2. The zero-order valence-electron chi connectivity index (χ0n) is 11.0. The van der Waals surface area contributed by atoms with E-state index in [1.165, 1.54) is 0 Å². The standard InChI is InChI=1S/C13H19NO4/c1-5-11(15)9-6-10(17-8-9)7-14-12(16)18-13(2,3)4/h1,9-10H,6-8H2,2-4H3,(H,14,16). The lowest BCUT2D eigenvalue weighted by Gasteiger charge is -2.20. The maximum atomic E-state index is 11.4. The first kappa shape index (κ1) is 14.5. The first-order valence-electron chi connectivity index (χ1n) is 5.90. The lowest BCUT2D eigenvalue weighted by Crippen LogP contribution is -2.36. The van der Waals surface area contributed by atoms with Gasteiger partial charge in [-0.3, -0.25) is 4.79 Å². The Morgan fingerprint density at radius 1 is 1.50 bits per heavy atom. The Labute approximate surface area is 107 Å². The molecule has 1 rings (SSSR count). The summed E-state index contributed by atoms with van der Waals surface area (Å²) in [7, 11) is 0. The zero-order valence-corrected chi connectivity index (χ0v) is 11.0. The lowest BCUT2D eigenvalue weighted by molar-refractivity contribution is -0.117. The van der Waals surface area contributed by atoms with Crippen molar-refractivity contribution in [2.75, 3.05) is 13.2 Å². The van der Waals surface area contributed by atoms with Crippen molar-refractivity contribution in [1.29, 1.82) is 0 Å². The average Bonchev–Trinajstić information content (AvgIpc) is 2.71. The van der Waals surface area contributed by atoms with Crippen LogP contribution in [-0.2, 0) is 14.3 Å². The lowest BCUT2D eigenvalue weighted by atomic mass is 10.0. The van der Waals surface area contributed by atoms with Gasteiger partial charge in [-0.25, -0.2) is 4.79 Å². The largest absolute Gasteiger partial charge is 0.444 e. The molecule has 18 heavy (non-hydrogen) atoms. The number of hydrogen-bond acceptors (Lipinski definition) is 4. The third-order valence-corrected chi connectivity index (χ3v) is 2.47. The molecule has 0 aromatic rings. The highest BCUT2D eigenvalue weighted by Crippen LogP contribution is 2.19. The summed E-state index contributed by atoms with van der Waals surface area (Å²) in [5, 5.41) is 2.61. The minimum absolute atomic E-state index is 0.181. The molecular weight excluding hydrogens is 234 g/mol. The topological polar surface area (TPSA) is 64.6 Å². The van der Waals surface area contributed by atoms with E-state index in [-0.39, 0.29) is 17.8 Å². The number of rotatable bonds is 3. The molecule has 1 saturated heterocycles. The fourth-order valence-corrected chi connectivity index (χ4v) is 1.66. The minimum Gasteiger partial charge on any atom is -0.444 e. The predicted octanol–water partition coefficient (Wildman–Crippen LogP) is 1.12. The SMILES string of the molecule is C#CC(=O)C1COC(CNC(=O)OC(C)(C)C)C1. The van der Waals surface area contributed by atoms with Crippen LogP contribution in [0.1, 0.15) is 27.2 Å². The van der Waals surface area contributed by atoms with E-state index in [1.807, 2.05) is 0 Å². The molecule has 0 saturated carbocycles. The molecule has 1 N–H and O–H groups in total. The van der Waals surface area contributed by atoms with Crippen LogP contribution in [0.2, 0.25) is 0 Å². The van der Waals surface area contributed by atoms with E-state index < -0.39 is 11.7 Å². The van der Waals surface area contributed by atoms with Crippen LogP contribution in [0.3, 0.4) is 0 Å². The number of hydrogen-bond donors (Lipinski definition) is 1. The van der Waals surface area contributed by atoms with Gasteiger partial charge in [-0.1, -0.05) is 0 Å². The van der Waals surface area contributed by atoms with Crippen LogP contribution in [0.4, 0.5) is 4.79 Å². The molecule has 0 aliphatic carbocycles. The summed E-state index contributed by atoms with van der Waals surface area (Å²) >= 11 is 0. The molecule has 0 radical (unpaired) electrons. The second-order valence-corrected chi connectivity index (χ2v) is 5.28. The monoisotopic (exact) mass is 253 g/mol. The second-order valence-electron chi connectivity index (χ2n) is 5.28. The first-order chi connectivity index (χ1) is 8.31. The fourth-order valence-electron chi connectivity index (χ4n) is 1.66. The fraction of sp³-hybridized carbons (Fsp3) is 0.692. The van der Waals surface area contributed by atoms with Crippen molar-refractivity contribution in [3.63, 3.8) is 0 Å². The second kappa shape index (κ2) is 5.87. The third-order valence-electron chi connectivity index (χ3n) is 2.47. The molecule has 100 valence electrons. The number of Topliss-reactive ketones (excluding diaryl/α,β-unsaturated/α-hetero) is 1. The molecule has 2 atom stereocenters. The molecule has 1 aliphatic heterocycles. The molecule has 5 heteroatoms. The van der Waals surface area contributed by atoms with E-state index in [1.54, 1.807) is 20.8 Å². The highest BCUT2D eigenvalue weighted by Gasteiger charge is 2.30. The number of ether oxygens (including phenoxy) is 2. The Bertz CT molecular complexity index is 364. The van der Waals surface area contributed by atoms with Gasteiger partial charge in [-0.15, -0.1) is 6.42 Å². The highest BCUT2D eigenvalue weighted by molar-refractivity contribution is 5.97. The van der Waals surface area contributed by atoms with Crippen molar-refractivity contribution >= 4 is 11.9 Å². The van der Waals surface area contributed by atoms with Gasteiger partial charge in [0.2, 0.25) is 5.78 Å². The normalized spacial score (nSPS) is 23.2. The van der Waals surface area contributed by atoms with Crippen LogP contribution in [0.25, 0.3) is 0 Å². The van der Waals surface area contributed by atoms with Gasteiger partial charge in [0.25, 0.3) is 0 Å². The van der Waals surface area contributed by atoms with Crippen molar-refractivity contribution in [3.8, 4) is 12.3 Å². The van der Waals surface area contributed by atoms with Gasteiger partial charge < -0.3 is 14.8 Å². The first-order valence-corrected chi connectivity index (χ1v) is 5.90. The third kappa shape index (κ3) is 4.76. The van der Waals surface area contributed by atoms with Crippen molar-refractivity contribution in [1.82, 2.24) is 5.32 Å². The van der Waals surface area contributed by atoms with Crippen LogP contribution in [0.5, 0.6) is 0 Å². The molecule has 0 spiro atoms. The van der Waals surface area contributed by atoms with E-state index in [0.29, 0.717) is 19.6 Å². The Morgan fingerprint density at radius 3 is 2.72 bits per heavy atom. The summed E-state index contributed by atoms with van der Waals surface area (Å²) < 4.78 is 10.5. The van der Waals surface area contributed by atoms with E-state index in [0.717, 1.165) is 0 Å². The van der Waals surface area contributed by atoms with E-state index in [9.17, 15) is 9.59 Å². The van der Waals surface area contributed by atoms with Gasteiger partial charge in [-0.05, 0) is 33.1 Å². The highest BCUT2D eigenvalue weighted by atomic mass is 16.6. The molecule has 1 amide bonds. The van der Waals surface area contributed by atoms with E-state index >= 15 is 0 Å². The van der Waals surface area contributed by atoms with Crippen LogP contribution in [0, 0.1) is 18.3 Å². The molecule has 1 heterocycles. The number of alkyl carbamates (subject to hydrolysis) is 1. The zero-order chi connectivity index (χ0) is 13.8. The van der Waals surface area contributed by atoms with Crippen LogP contribution < -0.4 is 5.32 Å². The molecular formula is C13H19NO4. The van der Waals surface area contributed by atoms with E-state index in [4.69, 9.17) is 15.9 Å². The summed E-state index contributed by atoms with van der Waals surface area (Å²) in [4.78, 5) is 22.7. The van der Waals surface area contributed by atoms with E-state index in [2.05, 4.69) is 11.2 Å². The number of carbonyl (C=O) groups is 2. The summed E-state index contributed by atoms with van der Waals surface area (Å²) in [6.07, 6.45) is 4.92. The predicted molar refractivity (Wildman–Crippen MR) is 65.9 cm³/mol. The van der Waals surface area contributed by atoms with Crippen molar-refractivity contribution < 1.29 is 19.1 Å². The summed E-state index contributed by atoms with van der Waals surface area (Å²) in [5.74, 6) is 1.60.